The van der Waals surface area contributed by atoms with Crippen LogP contribution in [0.5, 0.6) is 0 Å². The Morgan fingerprint density at radius 3 is 2.42 bits per heavy atom. The molecular weight excluding hydrogens is 487 g/mol. The fraction of sp³-hybridized carbons (Fsp3) is 0.824. The molecule has 2 N–H and O–H groups in total. The summed E-state index contributed by atoms with van der Waals surface area (Å²) in [5.74, 6) is -0.0457. The van der Waals surface area contributed by atoms with Crippen molar-refractivity contribution in [1.29, 1.82) is 0 Å². The third-order valence-electron chi connectivity index (χ3n) is 3.63. The van der Waals surface area contributed by atoms with Crippen LogP contribution in [0.1, 0.15) is 66.2 Å². The SMILES string of the molecule is CCCC[I+]N(C=NS(=O)(=O)/C(NNC)=C(\Cl)C(C)CCC)CCCC. The number of nitrogens with one attached hydrogen (secondary N) is 2. The van der Waals surface area contributed by atoms with E-state index in [4.69, 9.17) is 11.6 Å². The molecule has 154 valence electrons. The van der Waals surface area contributed by atoms with Crippen LogP contribution in [-0.2, 0) is 10.0 Å². The number of hydrogen-bond acceptors (Lipinski definition) is 4. The molecule has 0 amide bonds. The second-order valence-corrected chi connectivity index (χ2v) is 11.1. The molecule has 0 aliphatic heterocycles. The van der Waals surface area contributed by atoms with Gasteiger partial charge in [0.2, 0.25) is 0 Å². The van der Waals surface area contributed by atoms with Gasteiger partial charge >= 0.3 is 31.5 Å². The average Bonchev–Trinajstić information content (AvgIpc) is 2.61. The Bertz CT molecular complexity index is 541. The predicted octanol–water partition coefficient (Wildman–Crippen LogP) is 0.819. The summed E-state index contributed by atoms with van der Waals surface area (Å²) in [4.78, 5) is 0. The lowest BCUT2D eigenvalue weighted by atomic mass is 10.1. The number of sulfonamides is 1. The minimum Gasteiger partial charge on any atom is -0.309 e. The molecule has 0 aromatic rings. The molecule has 0 aromatic carbocycles. The molecule has 26 heavy (non-hydrogen) atoms. The molecule has 1 unspecified atom stereocenters. The Hall–Kier alpha value is -0.0600. The standard InChI is InChI=1S/C17H35ClIN4O2S/c1-6-9-12-19-23(13-10-7-2)14-21-26(24,25)17(22-20-5)16(18)15(4)11-8-3/h14-15,20,22H,6-13H2,1-5H3/q+1/b17-16-,21-14?. The minimum absolute atomic E-state index is 0.0457. The molecule has 6 nitrogen and oxygen atoms in total. The van der Waals surface area contributed by atoms with Crippen molar-refractivity contribution in [3.8, 4) is 0 Å². The maximum atomic E-state index is 12.7. The number of halogens is 2. The van der Waals surface area contributed by atoms with Gasteiger partial charge < -0.3 is 5.43 Å². The first kappa shape index (κ1) is 25.9. The largest absolute Gasteiger partial charge is 0.421 e. The fourth-order valence-electron chi connectivity index (χ4n) is 2.07. The molecule has 0 aromatic heterocycles. The van der Waals surface area contributed by atoms with Crippen molar-refractivity contribution < 1.29 is 29.9 Å². The van der Waals surface area contributed by atoms with Crippen LogP contribution in [0, 0.1) is 5.92 Å². The smallest absolute Gasteiger partial charge is 0.309 e. The summed E-state index contributed by atoms with van der Waals surface area (Å²) in [7, 11) is -2.27. The maximum absolute atomic E-state index is 12.7. The van der Waals surface area contributed by atoms with Crippen LogP contribution in [0.2, 0.25) is 0 Å². The average molecular weight is 522 g/mol. The topological polar surface area (TPSA) is 73.8 Å². The number of hydrogen-bond donors (Lipinski definition) is 2. The Kier molecular flexibility index (Phi) is 14.9. The van der Waals surface area contributed by atoms with Crippen LogP contribution in [0.25, 0.3) is 0 Å². The number of hydrazine groups is 1. The van der Waals surface area contributed by atoms with E-state index >= 15 is 0 Å². The van der Waals surface area contributed by atoms with E-state index in [-0.39, 0.29) is 32.4 Å². The van der Waals surface area contributed by atoms with Gasteiger partial charge in [-0.3, -0.25) is 0 Å². The van der Waals surface area contributed by atoms with Gasteiger partial charge in [-0.25, -0.2) is 5.43 Å². The molecule has 0 rings (SSSR count). The molecule has 0 heterocycles. The Morgan fingerprint density at radius 1 is 1.23 bits per heavy atom. The Balaban J connectivity index is 5.41. The summed E-state index contributed by atoms with van der Waals surface area (Å²) in [5, 5.41) is 0.236. The zero-order chi connectivity index (χ0) is 20.0. The van der Waals surface area contributed by atoms with Gasteiger partial charge in [-0.05, 0) is 25.2 Å². The second-order valence-electron chi connectivity index (χ2n) is 6.08. The number of rotatable bonds is 15. The van der Waals surface area contributed by atoms with Gasteiger partial charge in [0.1, 0.15) is 6.34 Å². The van der Waals surface area contributed by atoms with Gasteiger partial charge in [0.15, 0.2) is 9.46 Å². The highest BCUT2D eigenvalue weighted by molar-refractivity contribution is 7.94. The summed E-state index contributed by atoms with van der Waals surface area (Å²) >= 11 is 6.12. The molecule has 0 fully saturated rings. The van der Waals surface area contributed by atoms with Crippen molar-refractivity contribution >= 4 is 28.0 Å². The highest BCUT2D eigenvalue weighted by Crippen LogP contribution is 2.25. The van der Waals surface area contributed by atoms with E-state index in [1.165, 1.54) is 12.8 Å². The highest BCUT2D eigenvalue weighted by atomic mass is 127. The first-order chi connectivity index (χ1) is 12.3. The van der Waals surface area contributed by atoms with E-state index in [0.717, 1.165) is 43.1 Å². The molecule has 0 saturated heterocycles. The van der Waals surface area contributed by atoms with E-state index < -0.39 is 10.0 Å². The third kappa shape index (κ3) is 10.3. The van der Waals surface area contributed by atoms with Crippen LogP contribution >= 0.6 is 11.6 Å². The van der Waals surface area contributed by atoms with Crippen LogP contribution in [0.3, 0.4) is 0 Å². The van der Waals surface area contributed by atoms with Crippen LogP contribution in [0.15, 0.2) is 14.5 Å². The zero-order valence-electron chi connectivity index (χ0n) is 16.7. The molecule has 0 saturated carbocycles. The lowest BCUT2D eigenvalue weighted by Gasteiger charge is -2.15. The first-order valence-electron chi connectivity index (χ1n) is 9.32. The zero-order valence-corrected chi connectivity index (χ0v) is 20.4. The molecule has 0 aliphatic rings. The number of unbranched alkanes of at least 4 members (excludes halogenated alkanes) is 2. The van der Waals surface area contributed by atoms with Crippen LogP contribution in [-0.4, -0.2) is 35.9 Å². The van der Waals surface area contributed by atoms with Crippen LogP contribution in [0.4, 0.5) is 0 Å². The Morgan fingerprint density at radius 2 is 1.88 bits per heavy atom. The van der Waals surface area contributed by atoms with Gasteiger partial charge in [0, 0.05) is 7.05 Å². The van der Waals surface area contributed by atoms with Gasteiger partial charge in [-0.15, -0.1) is 4.40 Å². The summed E-state index contributed by atoms with van der Waals surface area (Å²) in [6, 6.07) is 0. The molecule has 0 bridgehead atoms. The van der Waals surface area contributed by atoms with Gasteiger partial charge in [0.25, 0.3) is 0 Å². The summed E-state index contributed by atoms with van der Waals surface area (Å²) < 4.78 is 32.6. The Labute approximate surface area is 175 Å². The highest BCUT2D eigenvalue weighted by Gasteiger charge is 2.25. The van der Waals surface area contributed by atoms with Gasteiger partial charge in [-0.2, -0.15) is 11.5 Å². The summed E-state index contributed by atoms with van der Waals surface area (Å²) in [5.41, 5.74) is 5.33. The third-order valence-corrected chi connectivity index (χ3v) is 8.37. The van der Waals surface area contributed by atoms with E-state index in [1.807, 2.05) is 13.8 Å². The van der Waals surface area contributed by atoms with E-state index in [2.05, 4.69) is 32.2 Å². The van der Waals surface area contributed by atoms with Crippen molar-refractivity contribution in [3.05, 3.63) is 10.1 Å². The molecule has 9 heteroatoms. The van der Waals surface area contributed by atoms with Crippen molar-refractivity contribution in [2.45, 2.75) is 66.2 Å². The van der Waals surface area contributed by atoms with Gasteiger partial charge in [0.05, 0.1) is 11.6 Å². The van der Waals surface area contributed by atoms with Crippen molar-refractivity contribution in [2.75, 3.05) is 18.0 Å². The molecule has 1 atom stereocenters. The number of nitrogens with zero attached hydrogens (tertiary/aromatic N) is 2. The van der Waals surface area contributed by atoms with E-state index in [9.17, 15) is 8.42 Å². The quantitative estimate of drug-likeness (QED) is 0.0635. The molecular formula is C17H35ClIN4O2S+. The fourth-order valence-corrected chi connectivity index (χ4v) is 6.42. The number of alkyl halides is 1. The second kappa shape index (κ2) is 14.9. The van der Waals surface area contributed by atoms with Gasteiger partial charge in [-0.1, -0.05) is 58.6 Å². The molecule has 0 spiro atoms. The lowest BCUT2D eigenvalue weighted by molar-refractivity contribution is -0.782. The van der Waals surface area contributed by atoms with Crippen molar-refractivity contribution in [2.24, 2.45) is 10.3 Å². The van der Waals surface area contributed by atoms with E-state index in [0.29, 0.717) is 5.03 Å². The summed E-state index contributed by atoms with van der Waals surface area (Å²) in [6.45, 7) is 9.11. The molecule has 0 radical (unpaired) electrons. The monoisotopic (exact) mass is 521 g/mol. The van der Waals surface area contributed by atoms with Crippen LogP contribution < -0.4 is 32.3 Å². The predicted molar refractivity (Wildman–Crippen MR) is 108 cm³/mol. The number of allylic oxidation sites excluding steroid dienone is 1. The summed E-state index contributed by atoms with van der Waals surface area (Å²) in [6.07, 6.45) is 7.67. The first-order valence-corrected chi connectivity index (χ1v) is 13.6. The maximum Gasteiger partial charge on any atom is 0.421 e. The molecule has 0 aliphatic carbocycles. The van der Waals surface area contributed by atoms with Crippen molar-refractivity contribution in [3.63, 3.8) is 0 Å². The minimum atomic E-state index is -3.88. The lowest BCUT2D eigenvalue weighted by Crippen LogP contribution is -3.67. The van der Waals surface area contributed by atoms with Crippen molar-refractivity contribution in [1.82, 2.24) is 14.0 Å². The normalized spacial score (nSPS) is 14.4. The van der Waals surface area contributed by atoms with E-state index in [1.54, 1.807) is 7.05 Å².